The van der Waals surface area contributed by atoms with Gasteiger partial charge in [-0.1, -0.05) is 62.1 Å². The summed E-state index contributed by atoms with van der Waals surface area (Å²) in [6, 6.07) is 34.7. The molecule has 7 rings (SSSR count). The van der Waals surface area contributed by atoms with Gasteiger partial charge >= 0.3 is 0 Å². The Bertz CT molecular complexity index is 2670. The van der Waals surface area contributed by atoms with Crippen molar-refractivity contribution in [2.45, 2.75) is 76.3 Å². The number of fused-ring (bicyclic) bond motifs is 2. The molecule has 0 saturated carbocycles. The monoisotopic (exact) mass is 875 g/mol. The molecule has 13 nitrogen and oxygen atoms in total. The van der Waals surface area contributed by atoms with Crippen LogP contribution in [0.3, 0.4) is 0 Å². The van der Waals surface area contributed by atoms with Crippen molar-refractivity contribution in [1.29, 1.82) is 0 Å². The Morgan fingerprint density at radius 3 is 1.40 bits per heavy atom. The van der Waals surface area contributed by atoms with Gasteiger partial charge in [-0.3, -0.25) is 14.6 Å². The van der Waals surface area contributed by atoms with E-state index in [-0.39, 0.29) is 27.3 Å². The van der Waals surface area contributed by atoms with Crippen LogP contribution in [-0.4, -0.2) is 42.7 Å². The summed E-state index contributed by atoms with van der Waals surface area (Å²) in [4.78, 5) is 29.7. The topological polar surface area (TPSA) is 193 Å². The normalized spacial score (nSPS) is 11.2. The van der Waals surface area contributed by atoms with Crippen LogP contribution in [0.2, 0.25) is 0 Å². The molecule has 7 aromatic rings. The molecule has 3 heterocycles. The molecule has 322 valence electrons. The molecule has 0 aliphatic carbocycles. The first-order chi connectivity index (χ1) is 29.5. The Morgan fingerprint density at radius 1 is 0.581 bits per heavy atom. The maximum Gasteiger partial charge on any atom is 0.274 e. The Morgan fingerprint density at radius 2 is 1.02 bits per heavy atom. The fraction of sp³-hybridized carbons (Fsp3) is 0.213. The molecule has 2 amide bonds. The third-order valence-electron chi connectivity index (χ3n) is 9.66. The molecule has 0 bridgehead atoms. The van der Waals surface area contributed by atoms with Crippen molar-refractivity contribution in [3.05, 3.63) is 162 Å². The van der Waals surface area contributed by atoms with Crippen LogP contribution >= 0.6 is 0 Å². The Balaban J connectivity index is 0.000000267. The van der Waals surface area contributed by atoms with E-state index in [1.54, 1.807) is 36.4 Å². The van der Waals surface area contributed by atoms with Gasteiger partial charge in [-0.15, -0.1) is 0 Å². The van der Waals surface area contributed by atoms with E-state index in [9.17, 15) is 35.5 Å². The van der Waals surface area contributed by atoms with Crippen LogP contribution in [0.4, 0.5) is 11.4 Å². The summed E-state index contributed by atoms with van der Waals surface area (Å²) in [6.45, 7) is 9.93. The number of pyridine rings is 3. The zero-order chi connectivity index (χ0) is 44.9. The third kappa shape index (κ3) is 13.3. The Labute approximate surface area is 362 Å². The molecular formula is C47H49N5O8S2. The van der Waals surface area contributed by atoms with Gasteiger partial charge < -0.3 is 19.7 Å². The lowest BCUT2D eigenvalue weighted by Crippen LogP contribution is -2.33. The number of aryl methyl sites for hydroxylation is 4. The summed E-state index contributed by atoms with van der Waals surface area (Å²) >= 11 is 0. The van der Waals surface area contributed by atoms with Gasteiger partial charge in [0.15, 0.2) is 12.4 Å². The average Bonchev–Trinajstić information content (AvgIpc) is 3.25. The highest BCUT2D eigenvalue weighted by atomic mass is 32.2. The molecule has 15 heteroatoms. The quantitative estimate of drug-likeness (QED) is 0.0908. The molecule has 0 saturated heterocycles. The Kier molecular flexibility index (Phi) is 16.1. The van der Waals surface area contributed by atoms with Crippen molar-refractivity contribution in [3.63, 3.8) is 0 Å². The molecule has 0 aliphatic rings. The highest BCUT2D eigenvalue weighted by molar-refractivity contribution is 7.86. The first-order valence-corrected chi connectivity index (χ1v) is 22.9. The second kappa shape index (κ2) is 21.4. The first kappa shape index (κ1) is 46.7. The van der Waals surface area contributed by atoms with Crippen molar-refractivity contribution in [2.24, 2.45) is 0 Å². The van der Waals surface area contributed by atoms with Gasteiger partial charge in [0.25, 0.3) is 11.8 Å². The zero-order valence-electron chi connectivity index (χ0n) is 34.9. The average molecular weight is 876 g/mol. The number of nitrogens with zero attached hydrogens (tertiary/aromatic N) is 3. The minimum absolute atomic E-state index is 0.178. The summed E-state index contributed by atoms with van der Waals surface area (Å²) in [5, 5.41) is 7.98. The van der Waals surface area contributed by atoms with E-state index in [0.29, 0.717) is 16.9 Å². The molecule has 0 unspecified atom stereocenters. The van der Waals surface area contributed by atoms with Gasteiger partial charge in [0.1, 0.15) is 39.0 Å². The molecule has 0 fully saturated rings. The van der Waals surface area contributed by atoms with Crippen molar-refractivity contribution in [1.82, 2.24) is 4.98 Å². The van der Waals surface area contributed by atoms with Crippen molar-refractivity contribution in [3.8, 4) is 0 Å². The highest BCUT2D eigenvalue weighted by Crippen LogP contribution is 2.20. The molecule has 2 N–H and O–H groups in total. The SMILES string of the molecule is CCCC[n+]1cccc2cc(NC(=O)c3ccc(C(=O)Nc4ccc5c(ccc[n+]5CCCC)c4)nc3)ccc21.Cc1ccc(S(=O)(=O)[O-])cc1.Cc1ccc(S(=O)(=O)[O-])cc1. The second-order valence-electron chi connectivity index (χ2n) is 14.5. The molecule has 4 aromatic carbocycles. The minimum Gasteiger partial charge on any atom is -0.744 e. The minimum atomic E-state index is -4.27. The van der Waals surface area contributed by atoms with Crippen LogP contribution in [0.25, 0.3) is 21.8 Å². The number of aromatic nitrogens is 3. The maximum absolute atomic E-state index is 12.9. The lowest BCUT2D eigenvalue weighted by Gasteiger charge is -2.08. The van der Waals surface area contributed by atoms with E-state index in [1.807, 2.05) is 74.5 Å². The second-order valence-corrected chi connectivity index (χ2v) is 17.3. The van der Waals surface area contributed by atoms with Crippen LogP contribution in [-0.2, 0) is 33.3 Å². The third-order valence-corrected chi connectivity index (χ3v) is 11.4. The van der Waals surface area contributed by atoms with Crippen molar-refractivity contribution >= 4 is 65.2 Å². The number of carbonyl (C=O) groups excluding carboxylic acids is 2. The van der Waals surface area contributed by atoms with E-state index in [1.165, 1.54) is 30.5 Å². The molecule has 0 spiro atoms. The largest absolute Gasteiger partial charge is 0.744 e. The lowest BCUT2D eigenvalue weighted by molar-refractivity contribution is -0.672. The predicted molar refractivity (Wildman–Crippen MR) is 237 cm³/mol. The Hall–Kier alpha value is -6.39. The van der Waals surface area contributed by atoms with E-state index in [0.717, 1.165) is 71.7 Å². The van der Waals surface area contributed by atoms with Crippen LogP contribution < -0.4 is 19.8 Å². The van der Waals surface area contributed by atoms with Gasteiger partial charge in [0.05, 0.1) is 15.4 Å². The molecule has 62 heavy (non-hydrogen) atoms. The summed E-state index contributed by atoms with van der Waals surface area (Å²) in [5.41, 5.74) is 6.14. The van der Waals surface area contributed by atoms with E-state index >= 15 is 0 Å². The van der Waals surface area contributed by atoms with E-state index < -0.39 is 20.2 Å². The van der Waals surface area contributed by atoms with Gasteiger partial charge in [-0.2, -0.15) is 9.13 Å². The van der Waals surface area contributed by atoms with Gasteiger partial charge in [-0.25, -0.2) is 16.8 Å². The van der Waals surface area contributed by atoms with Gasteiger partial charge in [0.2, 0.25) is 11.0 Å². The molecular weight excluding hydrogens is 827 g/mol. The number of unbranched alkanes of at least 4 members (excludes halogenated alkanes) is 2. The van der Waals surface area contributed by atoms with E-state index in [4.69, 9.17) is 0 Å². The van der Waals surface area contributed by atoms with E-state index in [2.05, 4.69) is 51.0 Å². The standard InChI is InChI=1S/C33H33N5O2.2C7H8O3S/c1-3-5-17-37-19-7-9-24-21-27(12-15-30(24)37)35-32(39)26-11-14-29(34-23-26)33(40)36-28-13-16-31-25(22-28)10-8-20-38(31)18-6-4-2;2*1-6-2-4-7(5-3-6)11(8,9)10/h7-16,19-23H,3-6,17-18H2,1-2H3;2*2-5H,1H3,(H,8,9,10). The number of nitrogens with one attached hydrogen (secondary N) is 2. The lowest BCUT2D eigenvalue weighted by atomic mass is 10.1. The fourth-order valence-electron chi connectivity index (χ4n) is 6.23. The van der Waals surface area contributed by atoms with Crippen molar-refractivity contribution in [2.75, 3.05) is 10.6 Å². The number of hydrogen-bond donors (Lipinski definition) is 2. The number of hydrogen-bond acceptors (Lipinski definition) is 9. The molecule has 3 aromatic heterocycles. The summed E-state index contributed by atoms with van der Waals surface area (Å²) in [5.74, 6) is -0.605. The van der Waals surface area contributed by atoms with Gasteiger partial charge in [-0.05, 0) is 86.6 Å². The summed E-state index contributed by atoms with van der Waals surface area (Å²) < 4.78 is 66.8. The molecule has 0 atom stereocenters. The van der Waals surface area contributed by atoms with Crippen LogP contribution in [0.1, 0.15) is 71.5 Å². The van der Waals surface area contributed by atoms with Gasteiger partial charge in [0, 0.05) is 65.5 Å². The summed E-state index contributed by atoms with van der Waals surface area (Å²) in [7, 11) is -8.54. The predicted octanol–water partition coefficient (Wildman–Crippen LogP) is 7.87. The number of carbonyl (C=O) groups is 2. The summed E-state index contributed by atoms with van der Waals surface area (Å²) in [6.07, 6.45) is 10.1. The van der Waals surface area contributed by atoms with Crippen molar-refractivity contribution < 1.29 is 44.7 Å². The highest BCUT2D eigenvalue weighted by Gasteiger charge is 2.15. The smallest absolute Gasteiger partial charge is 0.274 e. The zero-order valence-corrected chi connectivity index (χ0v) is 36.6. The number of amides is 2. The number of benzene rings is 4. The van der Waals surface area contributed by atoms with Crippen LogP contribution in [0.15, 0.2) is 150 Å². The number of rotatable bonds is 12. The van der Waals surface area contributed by atoms with Crippen LogP contribution in [0.5, 0.6) is 0 Å². The fourth-order valence-corrected chi connectivity index (χ4v) is 7.17. The van der Waals surface area contributed by atoms with Crippen LogP contribution in [0, 0.1) is 13.8 Å². The molecule has 0 aliphatic heterocycles. The number of anilines is 2. The maximum atomic E-state index is 12.9. The molecule has 0 radical (unpaired) electrons. The first-order valence-electron chi connectivity index (χ1n) is 20.0.